The largest absolute Gasteiger partial charge is 0.333 e. The van der Waals surface area contributed by atoms with E-state index in [0.29, 0.717) is 6.04 Å². The summed E-state index contributed by atoms with van der Waals surface area (Å²) in [7, 11) is 0. The number of benzene rings is 1. The second-order valence-corrected chi connectivity index (χ2v) is 5.46. The summed E-state index contributed by atoms with van der Waals surface area (Å²) in [5.41, 5.74) is 0.781. The Balaban J connectivity index is 2.19. The van der Waals surface area contributed by atoms with Crippen LogP contribution in [0.15, 0.2) is 28.7 Å². The number of halogens is 1. The van der Waals surface area contributed by atoms with E-state index < -0.39 is 0 Å². The van der Waals surface area contributed by atoms with Crippen molar-refractivity contribution in [2.75, 3.05) is 0 Å². The Morgan fingerprint density at radius 2 is 1.88 bits per heavy atom. The van der Waals surface area contributed by atoms with Crippen molar-refractivity contribution in [2.24, 2.45) is 0 Å². The third kappa shape index (κ3) is 2.46. The molecule has 1 fully saturated rings. The first-order valence-electron chi connectivity index (χ1n) is 5.68. The Morgan fingerprint density at radius 3 is 2.31 bits per heavy atom. The molecule has 3 heteroatoms. The lowest BCUT2D eigenvalue weighted by Crippen LogP contribution is -2.38. The summed E-state index contributed by atoms with van der Waals surface area (Å²) in [5, 5.41) is 0. The molecule has 0 aromatic heterocycles. The highest BCUT2D eigenvalue weighted by Gasteiger charge is 2.34. The van der Waals surface area contributed by atoms with E-state index in [-0.39, 0.29) is 11.9 Å². The molecule has 86 valence electrons. The van der Waals surface area contributed by atoms with Crippen LogP contribution in [0.1, 0.15) is 37.0 Å². The molecule has 0 heterocycles. The molecule has 1 saturated carbocycles. The second-order valence-electron chi connectivity index (χ2n) is 4.54. The van der Waals surface area contributed by atoms with Gasteiger partial charge in [-0.25, -0.2) is 0 Å². The summed E-state index contributed by atoms with van der Waals surface area (Å²) >= 11 is 3.38. The number of carbonyl (C=O) groups excluding carboxylic acids is 1. The molecule has 0 aliphatic heterocycles. The van der Waals surface area contributed by atoms with Crippen molar-refractivity contribution in [1.82, 2.24) is 4.90 Å². The van der Waals surface area contributed by atoms with Crippen molar-refractivity contribution in [3.05, 3.63) is 34.3 Å². The van der Waals surface area contributed by atoms with Crippen molar-refractivity contribution >= 4 is 21.8 Å². The lowest BCUT2D eigenvalue weighted by Gasteiger charge is -2.26. The molecular formula is C13H16BrNO. The Labute approximate surface area is 105 Å². The van der Waals surface area contributed by atoms with Crippen LogP contribution in [-0.2, 0) is 0 Å². The van der Waals surface area contributed by atoms with Gasteiger partial charge in [-0.2, -0.15) is 0 Å². The predicted octanol–water partition coefficient (Wildman–Crippen LogP) is 3.46. The minimum atomic E-state index is 0.157. The van der Waals surface area contributed by atoms with E-state index in [4.69, 9.17) is 0 Å². The van der Waals surface area contributed by atoms with E-state index in [9.17, 15) is 4.79 Å². The maximum atomic E-state index is 12.3. The molecule has 0 unspecified atom stereocenters. The Bertz CT molecular complexity index is 379. The molecule has 1 aliphatic rings. The van der Waals surface area contributed by atoms with Crippen LogP contribution in [-0.4, -0.2) is 22.9 Å². The van der Waals surface area contributed by atoms with E-state index >= 15 is 0 Å². The molecule has 0 saturated heterocycles. The molecule has 1 aromatic carbocycles. The number of carbonyl (C=O) groups is 1. The van der Waals surface area contributed by atoms with Gasteiger partial charge in [-0.1, -0.05) is 15.9 Å². The van der Waals surface area contributed by atoms with Crippen molar-refractivity contribution in [3.63, 3.8) is 0 Å². The zero-order valence-corrected chi connectivity index (χ0v) is 11.2. The van der Waals surface area contributed by atoms with Crippen molar-refractivity contribution in [2.45, 2.75) is 38.8 Å². The van der Waals surface area contributed by atoms with Gasteiger partial charge < -0.3 is 4.90 Å². The third-order valence-corrected chi connectivity index (χ3v) is 3.35. The zero-order chi connectivity index (χ0) is 11.7. The van der Waals surface area contributed by atoms with Gasteiger partial charge >= 0.3 is 0 Å². The van der Waals surface area contributed by atoms with Crippen molar-refractivity contribution < 1.29 is 4.79 Å². The van der Waals surface area contributed by atoms with Crippen LogP contribution in [0.2, 0.25) is 0 Å². The normalized spacial score (nSPS) is 15.2. The van der Waals surface area contributed by atoms with Gasteiger partial charge in [-0.15, -0.1) is 0 Å². The highest BCUT2D eigenvalue weighted by Crippen LogP contribution is 2.30. The Morgan fingerprint density at radius 1 is 1.31 bits per heavy atom. The average molecular weight is 282 g/mol. The summed E-state index contributed by atoms with van der Waals surface area (Å²) in [6.07, 6.45) is 2.31. The van der Waals surface area contributed by atoms with E-state index in [0.717, 1.165) is 22.9 Å². The fourth-order valence-electron chi connectivity index (χ4n) is 1.92. The first-order chi connectivity index (χ1) is 7.59. The molecule has 0 spiro atoms. The van der Waals surface area contributed by atoms with Gasteiger partial charge in [0, 0.05) is 22.1 Å². The molecule has 2 nitrogen and oxygen atoms in total. The van der Waals surface area contributed by atoms with Gasteiger partial charge in [-0.05, 0) is 51.0 Å². The fourth-order valence-corrected chi connectivity index (χ4v) is 2.18. The first-order valence-corrected chi connectivity index (χ1v) is 6.47. The number of nitrogens with zero attached hydrogens (tertiary/aromatic N) is 1. The smallest absolute Gasteiger partial charge is 0.254 e. The number of hydrogen-bond acceptors (Lipinski definition) is 1. The quantitative estimate of drug-likeness (QED) is 0.831. The number of rotatable bonds is 3. The van der Waals surface area contributed by atoms with Crippen LogP contribution >= 0.6 is 15.9 Å². The highest BCUT2D eigenvalue weighted by molar-refractivity contribution is 9.10. The molecule has 1 amide bonds. The van der Waals surface area contributed by atoms with E-state index in [1.165, 1.54) is 0 Å². The summed E-state index contributed by atoms with van der Waals surface area (Å²) in [4.78, 5) is 14.3. The van der Waals surface area contributed by atoms with E-state index in [2.05, 4.69) is 29.8 Å². The molecule has 1 aliphatic carbocycles. The van der Waals surface area contributed by atoms with Crippen LogP contribution in [0.5, 0.6) is 0 Å². The van der Waals surface area contributed by atoms with E-state index in [1.54, 1.807) is 0 Å². The van der Waals surface area contributed by atoms with Crippen LogP contribution in [0.25, 0.3) is 0 Å². The summed E-state index contributed by atoms with van der Waals surface area (Å²) < 4.78 is 1.01. The molecule has 0 radical (unpaired) electrons. The summed E-state index contributed by atoms with van der Waals surface area (Å²) in [6, 6.07) is 8.34. The summed E-state index contributed by atoms with van der Waals surface area (Å²) in [5.74, 6) is 0.157. The minimum Gasteiger partial charge on any atom is -0.333 e. The molecule has 1 aromatic rings. The van der Waals surface area contributed by atoms with Gasteiger partial charge in [0.15, 0.2) is 0 Å². The van der Waals surface area contributed by atoms with E-state index in [1.807, 2.05) is 29.2 Å². The minimum absolute atomic E-state index is 0.157. The van der Waals surface area contributed by atoms with Crippen LogP contribution < -0.4 is 0 Å². The van der Waals surface area contributed by atoms with Gasteiger partial charge in [0.25, 0.3) is 5.91 Å². The monoisotopic (exact) mass is 281 g/mol. The topological polar surface area (TPSA) is 20.3 Å². The highest BCUT2D eigenvalue weighted by atomic mass is 79.9. The molecule has 2 rings (SSSR count). The van der Waals surface area contributed by atoms with Gasteiger partial charge in [-0.3, -0.25) is 4.79 Å². The summed E-state index contributed by atoms with van der Waals surface area (Å²) in [6.45, 7) is 4.16. The fraction of sp³-hybridized carbons (Fsp3) is 0.462. The van der Waals surface area contributed by atoms with Crippen molar-refractivity contribution in [1.29, 1.82) is 0 Å². The maximum Gasteiger partial charge on any atom is 0.254 e. The van der Waals surface area contributed by atoms with Crippen LogP contribution in [0.3, 0.4) is 0 Å². The Hall–Kier alpha value is -0.830. The molecule has 0 bridgehead atoms. The van der Waals surface area contributed by atoms with Gasteiger partial charge in [0.05, 0.1) is 0 Å². The molecule has 0 atom stereocenters. The molecule has 16 heavy (non-hydrogen) atoms. The third-order valence-electron chi connectivity index (χ3n) is 2.82. The Kier molecular flexibility index (Phi) is 3.33. The first kappa shape index (κ1) is 11.6. The predicted molar refractivity (Wildman–Crippen MR) is 68.5 cm³/mol. The van der Waals surface area contributed by atoms with Crippen molar-refractivity contribution in [3.8, 4) is 0 Å². The standard InChI is InChI=1S/C13H16BrNO/c1-9(2)15(12-7-8-12)13(16)10-3-5-11(14)6-4-10/h3-6,9,12H,7-8H2,1-2H3. The maximum absolute atomic E-state index is 12.3. The molecule has 0 N–H and O–H groups in total. The average Bonchev–Trinajstić information content (AvgIpc) is 3.02. The lowest BCUT2D eigenvalue weighted by molar-refractivity contribution is 0.0690. The lowest BCUT2D eigenvalue weighted by atomic mass is 10.1. The van der Waals surface area contributed by atoms with Crippen LogP contribution in [0, 0.1) is 0 Å². The SMILES string of the molecule is CC(C)N(C(=O)c1ccc(Br)cc1)C1CC1. The molecular weight excluding hydrogens is 266 g/mol. The van der Waals surface area contributed by atoms with Gasteiger partial charge in [0.1, 0.15) is 0 Å². The number of hydrogen-bond donors (Lipinski definition) is 0. The van der Waals surface area contributed by atoms with Gasteiger partial charge in [0.2, 0.25) is 0 Å². The number of amides is 1. The van der Waals surface area contributed by atoms with Crippen LogP contribution in [0.4, 0.5) is 0 Å². The zero-order valence-electron chi connectivity index (χ0n) is 9.61. The second kappa shape index (κ2) is 4.58.